The molecule has 3 nitrogen and oxygen atoms in total. The van der Waals surface area contributed by atoms with E-state index in [-0.39, 0.29) is 0 Å². The average molecular weight is 192 g/mol. The minimum atomic E-state index is -0.647. The van der Waals surface area contributed by atoms with Gasteiger partial charge in [0.1, 0.15) is 13.2 Å². The third kappa shape index (κ3) is 1.59. The molecule has 0 saturated carbocycles. The monoisotopic (exact) mass is 192 g/mol. The first-order chi connectivity index (χ1) is 6.81. The topological polar surface area (TPSA) is 38.7 Å². The molecule has 0 aromatic heterocycles. The van der Waals surface area contributed by atoms with Gasteiger partial charge in [-0.1, -0.05) is 12.1 Å². The highest BCUT2D eigenvalue weighted by atomic mass is 16.6. The summed E-state index contributed by atoms with van der Waals surface area (Å²) in [6.07, 6.45) is 0.830. The molecule has 1 atom stereocenters. The maximum absolute atomic E-state index is 9.52. The third-order valence-electron chi connectivity index (χ3n) is 2.13. The zero-order chi connectivity index (χ0) is 9.97. The van der Waals surface area contributed by atoms with Crippen molar-refractivity contribution in [1.29, 1.82) is 0 Å². The summed E-state index contributed by atoms with van der Waals surface area (Å²) in [6, 6.07) is 5.39. The smallest absolute Gasteiger partial charge is 0.161 e. The molecule has 0 amide bonds. The molecule has 0 aliphatic carbocycles. The summed E-state index contributed by atoms with van der Waals surface area (Å²) in [5, 5.41) is 9.52. The van der Waals surface area contributed by atoms with Crippen LogP contribution in [0.1, 0.15) is 11.7 Å². The van der Waals surface area contributed by atoms with E-state index in [4.69, 9.17) is 9.47 Å². The quantitative estimate of drug-likeness (QED) is 0.724. The summed E-state index contributed by atoms with van der Waals surface area (Å²) < 4.78 is 10.7. The van der Waals surface area contributed by atoms with Crippen molar-refractivity contribution in [2.45, 2.75) is 6.10 Å². The number of rotatable bonds is 2. The molecule has 74 valence electrons. The van der Waals surface area contributed by atoms with Crippen molar-refractivity contribution < 1.29 is 14.6 Å². The summed E-state index contributed by atoms with van der Waals surface area (Å²) in [7, 11) is 0. The Morgan fingerprint density at radius 3 is 2.71 bits per heavy atom. The molecule has 0 fully saturated rings. The van der Waals surface area contributed by atoms with Crippen LogP contribution in [0.15, 0.2) is 30.9 Å². The molecule has 1 aromatic rings. The van der Waals surface area contributed by atoms with Crippen molar-refractivity contribution in [2.24, 2.45) is 0 Å². The summed E-state index contributed by atoms with van der Waals surface area (Å²) in [5.41, 5.74) is 0.768. The van der Waals surface area contributed by atoms with E-state index < -0.39 is 6.10 Å². The molecule has 1 aliphatic heterocycles. The van der Waals surface area contributed by atoms with Gasteiger partial charge >= 0.3 is 0 Å². The normalized spacial score (nSPS) is 16.1. The van der Waals surface area contributed by atoms with E-state index in [2.05, 4.69) is 6.58 Å². The second kappa shape index (κ2) is 3.72. The largest absolute Gasteiger partial charge is 0.486 e. The van der Waals surface area contributed by atoms with Gasteiger partial charge < -0.3 is 14.6 Å². The van der Waals surface area contributed by atoms with Crippen LogP contribution >= 0.6 is 0 Å². The van der Waals surface area contributed by atoms with Crippen molar-refractivity contribution in [3.8, 4) is 11.5 Å². The van der Waals surface area contributed by atoms with Gasteiger partial charge in [0.2, 0.25) is 0 Å². The lowest BCUT2D eigenvalue weighted by Crippen LogP contribution is -2.15. The van der Waals surface area contributed by atoms with Crippen molar-refractivity contribution in [3.05, 3.63) is 36.4 Å². The Balaban J connectivity index is 2.33. The molecule has 0 unspecified atom stereocenters. The molecule has 0 saturated heterocycles. The fourth-order valence-electron chi connectivity index (χ4n) is 1.38. The lowest BCUT2D eigenvalue weighted by molar-refractivity contribution is 0.170. The van der Waals surface area contributed by atoms with E-state index in [1.807, 2.05) is 0 Å². The lowest BCUT2D eigenvalue weighted by Gasteiger charge is -2.19. The molecular weight excluding hydrogens is 180 g/mol. The van der Waals surface area contributed by atoms with E-state index >= 15 is 0 Å². The summed E-state index contributed by atoms with van der Waals surface area (Å²) in [4.78, 5) is 0. The molecule has 1 aromatic carbocycles. The Bertz CT molecular complexity index is 346. The minimum absolute atomic E-state index is 0.556. The number of aliphatic hydroxyl groups is 1. The predicted molar refractivity (Wildman–Crippen MR) is 52.6 cm³/mol. The van der Waals surface area contributed by atoms with E-state index in [0.717, 1.165) is 11.3 Å². The Kier molecular flexibility index (Phi) is 2.41. The van der Waals surface area contributed by atoms with Gasteiger partial charge in [0.25, 0.3) is 0 Å². The van der Waals surface area contributed by atoms with E-state index in [1.54, 1.807) is 18.2 Å². The first kappa shape index (κ1) is 9.09. The second-order valence-electron chi connectivity index (χ2n) is 3.08. The number of ether oxygens (including phenoxy) is 2. The highest BCUT2D eigenvalue weighted by Crippen LogP contribution is 2.32. The highest BCUT2D eigenvalue weighted by Gasteiger charge is 2.13. The molecule has 3 heteroatoms. The van der Waals surface area contributed by atoms with Crippen molar-refractivity contribution >= 4 is 0 Å². The Morgan fingerprint density at radius 2 is 2.00 bits per heavy atom. The van der Waals surface area contributed by atoms with Gasteiger partial charge in [-0.2, -0.15) is 0 Å². The second-order valence-corrected chi connectivity index (χ2v) is 3.08. The van der Waals surface area contributed by atoms with Crippen LogP contribution in [0, 0.1) is 0 Å². The Morgan fingerprint density at radius 1 is 1.29 bits per heavy atom. The standard InChI is InChI=1S/C11H12O3/c1-2-9(12)8-3-4-10-11(7-8)14-6-5-13-10/h2-4,7,9,12H,1,5-6H2/t9-/m1/s1. The molecule has 1 N–H and O–H groups in total. The fraction of sp³-hybridized carbons (Fsp3) is 0.273. The maximum Gasteiger partial charge on any atom is 0.161 e. The summed E-state index contributed by atoms with van der Waals surface area (Å²) >= 11 is 0. The molecule has 2 rings (SSSR count). The Hall–Kier alpha value is -1.48. The van der Waals surface area contributed by atoms with Crippen molar-refractivity contribution in [2.75, 3.05) is 13.2 Å². The van der Waals surface area contributed by atoms with Gasteiger partial charge in [-0.25, -0.2) is 0 Å². The number of benzene rings is 1. The molecule has 14 heavy (non-hydrogen) atoms. The van der Waals surface area contributed by atoms with E-state index in [1.165, 1.54) is 6.08 Å². The van der Waals surface area contributed by atoms with Crippen LogP contribution in [0.25, 0.3) is 0 Å². The average Bonchev–Trinajstić information content (AvgIpc) is 2.27. The summed E-state index contributed by atoms with van der Waals surface area (Å²) in [6.45, 7) is 4.66. The maximum atomic E-state index is 9.52. The first-order valence-electron chi connectivity index (χ1n) is 4.51. The van der Waals surface area contributed by atoms with Gasteiger partial charge in [0, 0.05) is 0 Å². The van der Waals surface area contributed by atoms with Gasteiger partial charge in [-0.15, -0.1) is 6.58 Å². The molecule has 0 spiro atoms. The van der Waals surface area contributed by atoms with Crippen LogP contribution in [0.3, 0.4) is 0 Å². The van der Waals surface area contributed by atoms with Crippen LogP contribution < -0.4 is 9.47 Å². The van der Waals surface area contributed by atoms with Crippen LogP contribution in [0.5, 0.6) is 11.5 Å². The van der Waals surface area contributed by atoms with E-state index in [9.17, 15) is 5.11 Å². The predicted octanol–water partition coefficient (Wildman–Crippen LogP) is 1.68. The molecular formula is C11H12O3. The van der Waals surface area contributed by atoms with Gasteiger partial charge in [-0.05, 0) is 17.7 Å². The van der Waals surface area contributed by atoms with Crippen LogP contribution in [-0.2, 0) is 0 Å². The summed E-state index contributed by atoms with van der Waals surface area (Å²) in [5.74, 6) is 1.42. The molecule has 1 aliphatic rings. The molecule has 0 radical (unpaired) electrons. The Labute approximate surface area is 82.6 Å². The minimum Gasteiger partial charge on any atom is -0.486 e. The first-order valence-corrected chi connectivity index (χ1v) is 4.51. The van der Waals surface area contributed by atoms with Crippen LogP contribution in [0.2, 0.25) is 0 Å². The number of hydrogen-bond donors (Lipinski definition) is 1. The van der Waals surface area contributed by atoms with Crippen LogP contribution in [0.4, 0.5) is 0 Å². The number of aliphatic hydroxyl groups excluding tert-OH is 1. The van der Waals surface area contributed by atoms with Crippen LogP contribution in [-0.4, -0.2) is 18.3 Å². The van der Waals surface area contributed by atoms with Crippen molar-refractivity contribution in [3.63, 3.8) is 0 Å². The highest BCUT2D eigenvalue weighted by molar-refractivity contribution is 5.44. The van der Waals surface area contributed by atoms with Crippen molar-refractivity contribution in [1.82, 2.24) is 0 Å². The SMILES string of the molecule is C=C[C@@H](O)c1ccc2c(c1)OCCO2. The zero-order valence-corrected chi connectivity index (χ0v) is 7.77. The zero-order valence-electron chi connectivity index (χ0n) is 7.77. The van der Waals surface area contributed by atoms with E-state index in [0.29, 0.717) is 19.0 Å². The lowest BCUT2D eigenvalue weighted by atomic mass is 10.1. The fourth-order valence-corrected chi connectivity index (χ4v) is 1.38. The third-order valence-corrected chi connectivity index (χ3v) is 2.13. The van der Waals surface area contributed by atoms with Gasteiger partial charge in [0.15, 0.2) is 11.5 Å². The number of hydrogen-bond acceptors (Lipinski definition) is 3. The molecule has 0 bridgehead atoms. The molecule has 1 heterocycles. The number of fused-ring (bicyclic) bond motifs is 1. The van der Waals surface area contributed by atoms with Gasteiger partial charge in [-0.3, -0.25) is 0 Å². The van der Waals surface area contributed by atoms with Gasteiger partial charge in [0.05, 0.1) is 6.10 Å².